The van der Waals surface area contributed by atoms with Crippen molar-refractivity contribution < 1.29 is 14.7 Å². The van der Waals surface area contributed by atoms with Crippen LogP contribution in [0.3, 0.4) is 0 Å². The van der Waals surface area contributed by atoms with E-state index in [0.717, 1.165) is 16.8 Å². The Hall–Kier alpha value is -3.40. The summed E-state index contributed by atoms with van der Waals surface area (Å²) < 4.78 is 0. The molecule has 0 aliphatic carbocycles. The van der Waals surface area contributed by atoms with E-state index in [-0.39, 0.29) is 17.9 Å². The highest BCUT2D eigenvalue weighted by Crippen LogP contribution is 2.27. The molecule has 0 spiro atoms. The molecule has 0 radical (unpaired) electrons. The zero-order valence-electron chi connectivity index (χ0n) is 14.2. The average molecular weight is 345 g/mol. The summed E-state index contributed by atoms with van der Waals surface area (Å²) in [5.41, 5.74) is 3.62. The molecule has 0 saturated heterocycles. The fraction of sp³-hybridized carbons (Fsp3) is 0.0909. The van der Waals surface area contributed by atoms with E-state index in [4.69, 9.17) is 0 Å². The number of amides is 1. The first kappa shape index (κ1) is 17.4. The summed E-state index contributed by atoms with van der Waals surface area (Å²) in [6.07, 6.45) is 0.592. The zero-order chi connectivity index (χ0) is 18.4. The van der Waals surface area contributed by atoms with Crippen LogP contribution in [0.15, 0.2) is 78.9 Å². The largest absolute Gasteiger partial charge is 0.478 e. The van der Waals surface area contributed by atoms with Gasteiger partial charge in [0.1, 0.15) is 0 Å². The van der Waals surface area contributed by atoms with Crippen LogP contribution in [0, 0.1) is 0 Å². The summed E-state index contributed by atoms with van der Waals surface area (Å²) in [5, 5.41) is 12.2. The van der Waals surface area contributed by atoms with E-state index in [1.165, 1.54) is 0 Å². The quantitative estimate of drug-likeness (QED) is 0.685. The van der Waals surface area contributed by atoms with Crippen LogP contribution < -0.4 is 5.32 Å². The van der Waals surface area contributed by atoms with Gasteiger partial charge in [-0.25, -0.2) is 4.79 Å². The van der Waals surface area contributed by atoms with Gasteiger partial charge in [0, 0.05) is 17.7 Å². The summed E-state index contributed by atoms with van der Waals surface area (Å²) in [6.45, 7) is 0. The summed E-state index contributed by atoms with van der Waals surface area (Å²) in [5.74, 6) is -1.12. The monoisotopic (exact) mass is 345 g/mol. The van der Waals surface area contributed by atoms with E-state index in [1.54, 1.807) is 24.3 Å². The molecule has 0 saturated carbocycles. The molecule has 130 valence electrons. The summed E-state index contributed by atoms with van der Waals surface area (Å²) in [7, 11) is 0. The Morgan fingerprint density at radius 2 is 1.46 bits per heavy atom. The van der Waals surface area contributed by atoms with Crippen LogP contribution in [0.25, 0.3) is 11.1 Å². The van der Waals surface area contributed by atoms with Crippen molar-refractivity contribution in [2.24, 2.45) is 0 Å². The van der Waals surface area contributed by atoms with E-state index in [1.807, 2.05) is 54.6 Å². The number of carbonyl (C=O) groups is 2. The van der Waals surface area contributed by atoms with Gasteiger partial charge in [-0.1, -0.05) is 66.7 Å². The Morgan fingerprint density at radius 3 is 2.23 bits per heavy atom. The highest BCUT2D eigenvalue weighted by atomic mass is 16.4. The number of carboxylic acids is 1. The first-order chi connectivity index (χ1) is 12.6. The van der Waals surface area contributed by atoms with Crippen molar-refractivity contribution >= 4 is 17.6 Å². The van der Waals surface area contributed by atoms with Crippen molar-refractivity contribution in [2.75, 3.05) is 5.32 Å². The number of hydrogen-bond acceptors (Lipinski definition) is 2. The van der Waals surface area contributed by atoms with Gasteiger partial charge in [0.15, 0.2) is 0 Å². The fourth-order valence-corrected chi connectivity index (χ4v) is 2.87. The molecule has 3 aromatic rings. The van der Waals surface area contributed by atoms with Gasteiger partial charge < -0.3 is 10.4 Å². The SMILES string of the molecule is O=C(CCc1ccccc1C(=O)O)Nc1ccccc1-c1ccccc1. The summed E-state index contributed by atoms with van der Waals surface area (Å²) >= 11 is 0. The molecule has 26 heavy (non-hydrogen) atoms. The van der Waals surface area contributed by atoms with Crippen molar-refractivity contribution in [3.05, 3.63) is 90.0 Å². The highest BCUT2D eigenvalue weighted by molar-refractivity contribution is 5.96. The van der Waals surface area contributed by atoms with E-state index in [0.29, 0.717) is 12.0 Å². The standard InChI is InChI=1S/C22H19NO3/c24-21(15-14-17-10-4-5-12-19(17)22(25)26)23-20-13-7-6-11-18(20)16-8-2-1-3-9-16/h1-13H,14-15H2,(H,23,24)(H,25,26). The fourth-order valence-electron chi connectivity index (χ4n) is 2.87. The van der Waals surface area contributed by atoms with Crippen LogP contribution in [-0.4, -0.2) is 17.0 Å². The van der Waals surface area contributed by atoms with Crippen molar-refractivity contribution in [1.82, 2.24) is 0 Å². The Kier molecular flexibility index (Phi) is 5.44. The van der Waals surface area contributed by atoms with Gasteiger partial charge in [0.25, 0.3) is 0 Å². The first-order valence-corrected chi connectivity index (χ1v) is 8.40. The Bertz CT molecular complexity index is 919. The van der Waals surface area contributed by atoms with Crippen molar-refractivity contribution in [2.45, 2.75) is 12.8 Å². The Labute approximate surface area is 152 Å². The van der Waals surface area contributed by atoms with Crippen molar-refractivity contribution in [3.8, 4) is 11.1 Å². The van der Waals surface area contributed by atoms with E-state index in [9.17, 15) is 14.7 Å². The molecule has 0 fully saturated rings. The Balaban J connectivity index is 1.71. The van der Waals surface area contributed by atoms with Crippen LogP contribution >= 0.6 is 0 Å². The maximum Gasteiger partial charge on any atom is 0.335 e. The third-order valence-corrected chi connectivity index (χ3v) is 4.16. The number of hydrogen-bond donors (Lipinski definition) is 2. The molecule has 0 bridgehead atoms. The molecule has 0 aliphatic heterocycles. The second-order valence-corrected chi connectivity index (χ2v) is 5.92. The smallest absolute Gasteiger partial charge is 0.335 e. The normalized spacial score (nSPS) is 10.3. The lowest BCUT2D eigenvalue weighted by Gasteiger charge is -2.12. The van der Waals surface area contributed by atoms with E-state index >= 15 is 0 Å². The molecule has 2 N–H and O–H groups in total. The van der Waals surface area contributed by atoms with Crippen molar-refractivity contribution in [3.63, 3.8) is 0 Å². The molecule has 4 nitrogen and oxygen atoms in total. The third-order valence-electron chi connectivity index (χ3n) is 4.16. The predicted octanol–water partition coefficient (Wildman–Crippen LogP) is 4.62. The van der Waals surface area contributed by atoms with Crippen molar-refractivity contribution in [1.29, 1.82) is 0 Å². The van der Waals surface area contributed by atoms with Gasteiger partial charge in [-0.3, -0.25) is 4.79 Å². The average Bonchev–Trinajstić information content (AvgIpc) is 2.67. The second-order valence-electron chi connectivity index (χ2n) is 5.92. The molecule has 3 rings (SSSR count). The van der Waals surface area contributed by atoms with Gasteiger partial charge in [-0.2, -0.15) is 0 Å². The molecule has 0 aromatic heterocycles. The molecule has 0 aliphatic rings. The minimum atomic E-state index is -0.976. The van der Waals surface area contributed by atoms with Gasteiger partial charge in [-0.15, -0.1) is 0 Å². The lowest BCUT2D eigenvalue weighted by atomic mass is 10.0. The van der Waals surface area contributed by atoms with E-state index < -0.39 is 5.97 Å². The van der Waals surface area contributed by atoms with Gasteiger partial charge >= 0.3 is 5.97 Å². The minimum absolute atomic E-state index is 0.145. The summed E-state index contributed by atoms with van der Waals surface area (Å²) in [6, 6.07) is 24.3. The number of rotatable bonds is 6. The minimum Gasteiger partial charge on any atom is -0.478 e. The summed E-state index contributed by atoms with van der Waals surface area (Å²) in [4.78, 5) is 23.7. The molecular formula is C22H19NO3. The molecule has 4 heteroatoms. The van der Waals surface area contributed by atoms with Gasteiger partial charge in [-0.05, 0) is 29.7 Å². The van der Waals surface area contributed by atoms with Crippen LogP contribution in [0.2, 0.25) is 0 Å². The Morgan fingerprint density at radius 1 is 0.808 bits per heavy atom. The maximum atomic E-state index is 12.4. The van der Waals surface area contributed by atoms with Gasteiger partial charge in [0.2, 0.25) is 5.91 Å². The number of nitrogens with one attached hydrogen (secondary N) is 1. The highest BCUT2D eigenvalue weighted by Gasteiger charge is 2.12. The van der Waals surface area contributed by atoms with Crippen LogP contribution in [0.1, 0.15) is 22.3 Å². The molecule has 1 amide bonds. The third kappa shape index (κ3) is 4.16. The second kappa shape index (κ2) is 8.12. The topological polar surface area (TPSA) is 66.4 Å². The molecule has 0 unspecified atom stereocenters. The molecular weight excluding hydrogens is 326 g/mol. The molecule has 0 atom stereocenters. The van der Waals surface area contributed by atoms with Crippen LogP contribution in [0.4, 0.5) is 5.69 Å². The molecule has 3 aromatic carbocycles. The van der Waals surface area contributed by atoms with Gasteiger partial charge in [0.05, 0.1) is 5.56 Å². The number of aromatic carboxylic acids is 1. The zero-order valence-corrected chi connectivity index (χ0v) is 14.2. The number of aryl methyl sites for hydroxylation is 1. The predicted molar refractivity (Wildman–Crippen MR) is 102 cm³/mol. The number of carbonyl (C=O) groups excluding carboxylic acids is 1. The van der Waals surface area contributed by atoms with E-state index in [2.05, 4.69) is 5.32 Å². The lowest BCUT2D eigenvalue weighted by molar-refractivity contribution is -0.116. The number of benzene rings is 3. The maximum absolute atomic E-state index is 12.4. The number of carboxylic acid groups (broad SMARTS) is 1. The lowest BCUT2D eigenvalue weighted by Crippen LogP contribution is -2.14. The first-order valence-electron chi connectivity index (χ1n) is 8.40. The van der Waals surface area contributed by atoms with Crippen LogP contribution in [-0.2, 0) is 11.2 Å². The molecule has 0 heterocycles. The number of para-hydroxylation sites is 1. The van der Waals surface area contributed by atoms with Crippen LogP contribution in [0.5, 0.6) is 0 Å². The number of anilines is 1.